The lowest BCUT2D eigenvalue weighted by Crippen LogP contribution is -1.98. The van der Waals surface area contributed by atoms with Crippen molar-refractivity contribution in [3.05, 3.63) is 46.2 Å². The minimum absolute atomic E-state index is 0.265. The van der Waals surface area contributed by atoms with Crippen molar-refractivity contribution in [2.45, 2.75) is 19.8 Å². The van der Waals surface area contributed by atoms with Gasteiger partial charge in [-0.2, -0.15) is 14.9 Å². The molecule has 2 rings (SSSR count). The molecule has 0 saturated heterocycles. The highest BCUT2D eigenvalue weighted by atomic mass is 32.1. The van der Waals surface area contributed by atoms with Crippen LogP contribution >= 0.6 is 12.2 Å². The number of nitrogens with zero attached hydrogens (tertiary/aromatic N) is 3. The molecule has 0 saturated carbocycles. The molecule has 0 unspecified atom stereocenters. The third-order valence-electron chi connectivity index (χ3n) is 2.38. The largest absolute Gasteiger partial charge is 0.250 e. The van der Waals surface area contributed by atoms with Gasteiger partial charge in [0.2, 0.25) is 4.77 Å². The standard InChI is InChI=1S/C12H13FN4S/c1-2-3-11-15-16-12(18)17(11)14-8-9-4-6-10(13)7-5-9/h4-8H,2-3H2,1H3,(H,16,18). The summed E-state index contributed by atoms with van der Waals surface area (Å²) in [4.78, 5) is 0. The fourth-order valence-corrected chi connectivity index (χ4v) is 1.70. The van der Waals surface area contributed by atoms with Crippen molar-refractivity contribution in [1.29, 1.82) is 0 Å². The maximum atomic E-state index is 12.7. The van der Waals surface area contributed by atoms with Crippen molar-refractivity contribution < 1.29 is 4.39 Å². The van der Waals surface area contributed by atoms with Crippen LogP contribution in [0.2, 0.25) is 0 Å². The van der Waals surface area contributed by atoms with Gasteiger partial charge in [0.15, 0.2) is 5.82 Å². The number of hydrogen-bond donors (Lipinski definition) is 1. The van der Waals surface area contributed by atoms with E-state index in [9.17, 15) is 4.39 Å². The van der Waals surface area contributed by atoms with Crippen LogP contribution in [-0.2, 0) is 6.42 Å². The van der Waals surface area contributed by atoms with Crippen LogP contribution in [0.15, 0.2) is 29.4 Å². The van der Waals surface area contributed by atoms with Crippen LogP contribution in [0, 0.1) is 10.6 Å². The number of aryl methyl sites for hydroxylation is 1. The average Bonchev–Trinajstić information content (AvgIpc) is 2.71. The molecule has 4 nitrogen and oxygen atoms in total. The molecule has 0 bridgehead atoms. The van der Waals surface area contributed by atoms with Crippen molar-refractivity contribution in [2.75, 3.05) is 0 Å². The smallest absolute Gasteiger partial charge is 0.216 e. The highest BCUT2D eigenvalue weighted by Gasteiger charge is 2.02. The highest BCUT2D eigenvalue weighted by molar-refractivity contribution is 7.71. The average molecular weight is 264 g/mol. The van der Waals surface area contributed by atoms with E-state index in [0.29, 0.717) is 4.77 Å². The van der Waals surface area contributed by atoms with Gasteiger partial charge in [-0.15, -0.1) is 0 Å². The van der Waals surface area contributed by atoms with Crippen molar-refractivity contribution >= 4 is 18.4 Å². The summed E-state index contributed by atoms with van der Waals surface area (Å²) in [7, 11) is 0. The molecule has 1 aromatic carbocycles. The Kier molecular flexibility index (Phi) is 3.99. The van der Waals surface area contributed by atoms with Crippen LogP contribution < -0.4 is 0 Å². The molecule has 0 aliphatic carbocycles. The van der Waals surface area contributed by atoms with Crippen LogP contribution in [-0.4, -0.2) is 21.1 Å². The Labute approximate surface area is 109 Å². The lowest BCUT2D eigenvalue weighted by atomic mass is 10.2. The van der Waals surface area contributed by atoms with E-state index in [0.717, 1.165) is 24.2 Å². The minimum atomic E-state index is -0.265. The SMILES string of the molecule is CCCc1n[nH]c(=S)n1N=Cc1ccc(F)cc1. The second-order valence-electron chi connectivity index (χ2n) is 3.80. The third kappa shape index (κ3) is 2.89. The van der Waals surface area contributed by atoms with Crippen LogP contribution in [0.5, 0.6) is 0 Å². The van der Waals surface area contributed by atoms with Crippen LogP contribution in [0.1, 0.15) is 24.7 Å². The molecule has 1 N–H and O–H groups in total. The van der Waals surface area contributed by atoms with E-state index < -0.39 is 0 Å². The molecule has 0 spiro atoms. The zero-order chi connectivity index (χ0) is 13.0. The summed E-state index contributed by atoms with van der Waals surface area (Å²) in [6.07, 6.45) is 3.39. The van der Waals surface area contributed by atoms with E-state index in [1.54, 1.807) is 23.0 Å². The Morgan fingerprint density at radius 1 is 1.44 bits per heavy atom. The van der Waals surface area contributed by atoms with Gasteiger partial charge < -0.3 is 0 Å². The predicted molar refractivity (Wildman–Crippen MR) is 70.8 cm³/mol. The summed E-state index contributed by atoms with van der Waals surface area (Å²) < 4.78 is 14.8. The number of halogens is 1. The first-order valence-electron chi connectivity index (χ1n) is 5.67. The lowest BCUT2D eigenvalue weighted by Gasteiger charge is -1.98. The molecule has 1 aromatic heterocycles. The number of nitrogens with one attached hydrogen (secondary N) is 1. The number of benzene rings is 1. The van der Waals surface area contributed by atoms with E-state index >= 15 is 0 Å². The Bertz CT molecular complexity index is 597. The van der Waals surface area contributed by atoms with Crippen molar-refractivity contribution in [3.8, 4) is 0 Å². The van der Waals surface area contributed by atoms with Crippen molar-refractivity contribution in [1.82, 2.24) is 14.9 Å². The van der Waals surface area contributed by atoms with Gasteiger partial charge in [-0.05, 0) is 36.3 Å². The van der Waals surface area contributed by atoms with Crippen LogP contribution in [0.3, 0.4) is 0 Å². The molecular formula is C12H13FN4S. The first-order chi connectivity index (χ1) is 8.70. The minimum Gasteiger partial charge on any atom is -0.250 e. The summed E-state index contributed by atoms with van der Waals surface area (Å²) in [5.74, 6) is 0.527. The highest BCUT2D eigenvalue weighted by Crippen LogP contribution is 2.03. The number of aromatic amines is 1. The fourth-order valence-electron chi connectivity index (χ4n) is 1.50. The normalized spacial score (nSPS) is 11.2. The monoisotopic (exact) mass is 264 g/mol. The van der Waals surface area contributed by atoms with Gasteiger partial charge in [0.05, 0.1) is 6.21 Å². The van der Waals surface area contributed by atoms with E-state index in [1.807, 2.05) is 0 Å². The van der Waals surface area contributed by atoms with Gasteiger partial charge in [-0.1, -0.05) is 19.1 Å². The van der Waals surface area contributed by atoms with Crippen molar-refractivity contribution in [3.63, 3.8) is 0 Å². The van der Waals surface area contributed by atoms with Gasteiger partial charge in [-0.25, -0.2) is 4.39 Å². The maximum absolute atomic E-state index is 12.7. The number of aromatic nitrogens is 3. The molecule has 94 valence electrons. The molecule has 2 aromatic rings. The van der Waals surface area contributed by atoms with Gasteiger partial charge in [0.1, 0.15) is 5.82 Å². The van der Waals surface area contributed by atoms with Gasteiger partial charge in [0, 0.05) is 6.42 Å². The molecule has 0 aliphatic heterocycles. The van der Waals surface area contributed by atoms with Gasteiger partial charge in [-0.3, -0.25) is 5.10 Å². The predicted octanol–water partition coefficient (Wildman–Crippen LogP) is 2.91. The molecule has 1 heterocycles. The third-order valence-corrected chi connectivity index (χ3v) is 2.65. The van der Waals surface area contributed by atoms with E-state index in [4.69, 9.17) is 12.2 Å². The zero-order valence-corrected chi connectivity index (χ0v) is 10.7. The molecule has 0 fully saturated rings. The summed E-state index contributed by atoms with van der Waals surface area (Å²) in [6, 6.07) is 6.09. The molecule has 0 amide bonds. The Balaban J connectivity index is 2.25. The summed E-state index contributed by atoms with van der Waals surface area (Å²) >= 11 is 5.09. The zero-order valence-electron chi connectivity index (χ0n) is 9.93. The topological polar surface area (TPSA) is 46.0 Å². The first kappa shape index (κ1) is 12.6. The van der Waals surface area contributed by atoms with Gasteiger partial charge in [0.25, 0.3) is 0 Å². The second kappa shape index (κ2) is 5.68. The molecule has 0 aliphatic rings. The van der Waals surface area contributed by atoms with E-state index in [2.05, 4.69) is 22.2 Å². The molecular weight excluding hydrogens is 251 g/mol. The van der Waals surface area contributed by atoms with Gasteiger partial charge >= 0.3 is 0 Å². The number of H-pyrrole nitrogens is 1. The Hall–Kier alpha value is -1.82. The molecule has 0 radical (unpaired) electrons. The van der Waals surface area contributed by atoms with Crippen LogP contribution in [0.25, 0.3) is 0 Å². The quantitative estimate of drug-likeness (QED) is 0.681. The summed E-state index contributed by atoms with van der Waals surface area (Å²) in [5.41, 5.74) is 0.807. The Morgan fingerprint density at radius 3 is 2.83 bits per heavy atom. The molecule has 18 heavy (non-hydrogen) atoms. The Morgan fingerprint density at radius 2 is 2.17 bits per heavy atom. The molecule has 0 atom stereocenters. The van der Waals surface area contributed by atoms with Crippen LogP contribution in [0.4, 0.5) is 4.39 Å². The fraction of sp³-hybridized carbons (Fsp3) is 0.250. The second-order valence-corrected chi connectivity index (χ2v) is 4.19. The van der Waals surface area contributed by atoms with E-state index in [-0.39, 0.29) is 5.82 Å². The molecule has 6 heteroatoms. The maximum Gasteiger partial charge on any atom is 0.216 e. The first-order valence-corrected chi connectivity index (χ1v) is 6.07. The number of hydrogen-bond acceptors (Lipinski definition) is 3. The summed E-state index contributed by atoms with van der Waals surface area (Å²) in [6.45, 7) is 2.06. The van der Waals surface area contributed by atoms with Crippen molar-refractivity contribution in [2.24, 2.45) is 5.10 Å². The lowest BCUT2D eigenvalue weighted by molar-refractivity contribution is 0.628. The number of rotatable bonds is 4. The van der Waals surface area contributed by atoms with E-state index in [1.165, 1.54) is 12.1 Å². The summed E-state index contributed by atoms with van der Waals surface area (Å²) in [5, 5.41) is 11.1.